The van der Waals surface area contributed by atoms with E-state index in [-0.39, 0.29) is 5.91 Å². The lowest BCUT2D eigenvalue weighted by Gasteiger charge is -2.11. The van der Waals surface area contributed by atoms with E-state index >= 15 is 0 Å². The SMILES string of the molecule is Cc1c(Cl)cccc1Nc1ccc(C(=O)NCC(C)C)nc1. The molecule has 0 unspecified atom stereocenters. The van der Waals surface area contributed by atoms with Gasteiger partial charge in [0.25, 0.3) is 5.91 Å². The Morgan fingerprint density at radius 1 is 1.27 bits per heavy atom. The molecule has 0 aliphatic carbocycles. The van der Waals surface area contributed by atoms with Crippen molar-refractivity contribution in [2.75, 3.05) is 11.9 Å². The highest BCUT2D eigenvalue weighted by Crippen LogP contribution is 2.25. The van der Waals surface area contributed by atoms with Gasteiger partial charge < -0.3 is 10.6 Å². The van der Waals surface area contributed by atoms with Crippen LogP contribution in [-0.4, -0.2) is 17.4 Å². The molecular weight excluding hydrogens is 298 g/mol. The summed E-state index contributed by atoms with van der Waals surface area (Å²) in [4.78, 5) is 16.1. The average molecular weight is 318 g/mol. The smallest absolute Gasteiger partial charge is 0.269 e. The summed E-state index contributed by atoms with van der Waals surface area (Å²) in [5.74, 6) is 0.259. The number of hydrogen-bond donors (Lipinski definition) is 2. The van der Waals surface area contributed by atoms with Crippen LogP contribution in [0.1, 0.15) is 29.9 Å². The van der Waals surface area contributed by atoms with Gasteiger partial charge in [-0.2, -0.15) is 0 Å². The highest BCUT2D eigenvalue weighted by molar-refractivity contribution is 6.31. The van der Waals surface area contributed by atoms with E-state index in [0.717, 1.165) is 16.9 Å². The van der Waals surface area contributed by atoms with E-state index in [1.54, 1.807) is 12.3 Å². The van der Waals surface area contributed by atoms with Crippen molar-refractivity contribution in [3.8, 4) is 0 Å². The first kappa shape index (κ1) is 16.3. The molecule has 0 spiro atoms. The van der Waals surface area contributed by atoms with Crippen molar-refractivity contribution in [1.82, 2.24) is 10.3 Å². The van der Waals surface area contributed by atoms with Gasteiger partial charge in [0.2, 0.25) is 0 Å². The molecule has 2 N–H and O–H groups in total. The summed E-state index contributed by atoms with van der Waals surface area (Å²) in [7, 11) is 0. The van der Waals surface area contributed by atoms with E-state index in [1.165, 1.54) is 0 Å². The summed E-state index contributed by atoms with van der Waals surface area (Å²) in [6.45, 7) is 6.69. The molecule has 1 aromatic carbocycles. The lowest BCUT2D eigenvalue weighted by molar-refractivity contribution is 0.0944. The van der Waals surface area contributed by atoms with Crippen LogP contribution in [0, 0.1) is 12.8 Å². The third-order valence-electron chi connectivity index (χ3n) is 3.21. The van der Waals surface area contributed by atoms with Crippen LogP contribution in [0.15, 0.2) is 36.5 Å². The van der Waals surface area contributed by atoms with Gasteiger partial charge >= 0.3 is 0 Å². The van der Waals surface area contributed by atoms with E-state index in [0.29, 0.717) is 23.2 Å². The molecule has 2 aromatic rings. The zero-order valence-corrected chi connectivity index (χ0v) is 13.7. The number of anilines is 2. The van der Waals surface area contributed by atoms with Gasteiger partial charge in [-0.25, -0.2) is 4.98 Å². The van der Waals surface area contributed by atoms with E-state index in [9.17, 15) is 4.79 Å². The first-order valence-electron chi connectivity index (χ1n) is 7.23. The van der Waals surface area contributed by atoms with Crippen LogP contribution in [0.4, 0.5) is 11.4 Å². The molecule has 0 aliphatic rings. The number of nitrogens with zero attached hydrogens (tertiary/aromatic N) is 1. The normalized spacial score (nSPS) is 10.6. The van der Waals surface area contributed by atoms with Crippen molar-refractivity contribution in [2.24, 2.45) is 5.92 Å². The standard InChI is InChI=1S/C17H20ClN3O/c1-11(2)9-20-17(22)16-8-7-13(10-19-16)21-15-6-4-5-14(18)12(15)3/h4-8,10-11,21H,9H2,1-3H3,(H,20,22). The van der Waals surface area contributed by atoms with Gasteiger partial charge in [0.1, 0.15) is 5.69 Å². The first-order chi connectivity index (χ1) is 10.5. The Kier molecular flexibility index (Phi) is 5.39. The largest absolute Gasteiger partial charge is 0.354 e. The molecule has 2 rings (SSSR count). The van der Waals surface area contributed by atoms with Crippen LogP contribution < -0.4 is 10.6 Å². The Balaban J connectivity index is 2.06. The van der Waals surface area contributed by atoms with Crippen molar-refractivity contribution in [3.63, 3.8) is 0 Å². The quantitative estimate of drug-likeness (QED) is 0.870. The summed E-state index contributed by atoms with van der Waals surface area (Å²) in [6.07, 6.45) is 1.64. The summed E-state index contributed by atoms with van der Waals surface area (Å²) in [5, 5.41) is 6.81. The molecule has 1 aromatic heterocycles. The molecule has 22 heavy (non-hydrogen) atoms. The van der Waals surface area contributed by atoms with E-state index in [1.807, 2.05) is 45.0 Å². The summed E-state index contributed by atoms with van der Waals surface area (Å²) in [5.41, 5.74) is 3.12. The van der Waals surface area contributed by atoms with Crippen LogP contribution in [-0.2, 0) is 0 Å². The molecule has 4 nitrogen and oxygen atoms in total. The van der Waals surface area contributed by atoms with Gasteiger partial charge in [-0.05, 0) is 42.7 Å². The molecule has 0 saturated heterocycles. The molecule has 0 aliphatic heterocycles. The van der Waals surface area contributed by atoms with Crippen molar-refractivity contribution in [2.45, 2.75) is 20.8 Å². The van der Waals surface area contributed by atoms with Crippen molar-refractivity contribution in [3.05, 3.63) is 52.8 Å². The Bertz CT molecular complexity index is 653. The fraction of sp³-hybridized carbons (Fsp3) is 0.294. The van der Waals surface area contributed by atoms with Gasteiger partial charge in [-0.3, -0.25) is 4.79 Å². The maximum Gasteiger partial charge on any atom is 0.269 e. The monoisotopic (exact) mass is 317 g/mol. The second kappa shape index (κ2) is 7.27. The molecule has 1 heterocycles. The predicted molar refractivity (Wildman–Crippen MR) is 90.9 cm³/mol. The maximum absolute atomic E-state index is 11.9. The Morgan fingerprint density at radius 2 is 2.05 bits per heavy atom. The first-order valence-corrected chi connectivity index (χ1v) is 7.61. The average Bonchev–Trinajstić information content (AvgIpc) is 2.50. The topological polar surface area (TPSA) is 54.0 Å². The van der Waals surface area contributed by atoms with Crippen LogP contribution in [0.5, 0.6) is 0 Å². The summed E-state index contributed by atoms with van der Waals surface area (Å²) in [6, 6.07) is 9.22. The minimum absolute atomic E-state index is 0.154. The van der Waals surface area contributed by atoms with Crippen LogP contribution >= 0.6 is 11.6 Å². The lowest BCUT2D eigenvalue weighted by atomic mass is 10.2. The highest BCUT2D eigenvalue weighted by Gasteiger charge is 2.08. The Labute approximate surface area is 135 Å². The maximum atomic E-state index is 11.9. The minimum Gasteiger partial charge on any atom is -0.354 e. The molecular formula is C17H20ClN3O. The zero-order valence-electron chi connectivity index (χ0n) is 13.0. The van der Waals surface area contributed by atoms with Gasteiger partial charge in [-0.15, -0.1) is 0 Å². The molecule has 1 amide bonds. The summed E-state index contributed by atoms with van der Waals surface area (Å²) >= 11 is 6.10. The predicted octanol–water partition coefficient (Wildman–Crippen LogP) is 4.17. The number of nitrogens with one attached hydrogen (secondary N) is 2. The second-order valence-electron chi connectivity index (χ2n) is 5.57. The van der Waals surface area contributed by atoms with Crippen LogP contribution in [0.2, 0.25) is 5.02 Å². The Hall–Kier alpha value is -2.07. The Morgan fingerprint density at radius 3 is 2.68 bits per heavy atom. The number of benzene rings is 1. The lowest BCUT2D eigenvalue weighted by Crippen LogP contribution is -2.27. The fourth-order valence-corrected chi connectivity index (χ4v) is 2.06. The van der Waals surface area contributed by atoms with Crippen LogP contribution in [0.25, 0.3) is 0 Å². The molecule has 116 valence electrons. The molecule has 0 fully saturated rings. The third-order valence-corrected chi connectivity index (χ3v) is 3.62. The van der Waals surface area contributed by atoms with Gasteiger partial charge in [0.05, 0.1) is 11.9 Å². The summed E-state index contributed by atoms with van der Waals surface area (Å²) < 4.78 is 0. The van der Waals surface area contributed by atoms with E-state index < -0.39 is 0 Å². The van der Waals surface area contributed by atoms with E-state index in [2.05, 4.69) is 15.6 Å². The van der Waals surface area contributed by atoms with Crippen molar-refractivity contribution in [1.29, 1.82) is 0 Å². The van der Waals surface area contributed by atoms with Crippen LogP contribution in [0.3, 0.4) is 0 Å². The molecule has 0 atom stereocenters. The highest BCUT2D eigenvalue weighted by atomic mass is 35.5. The number of amides is 1. The third kappa shape index (κ3) is 4.21. The number of carbonyl (C=O) groups excluding carboxylic acids is 1. The number of hydrogen-bond acceptors (Lipinski definition) is 3. The molecule has 5 heteroatoms. The number of rotatable bonds is 5. The molecule has 0 bridgehead atoms. The van der Waals surface area contributed by atoms with Gasteiger partial charge in [-0.1, -0.05) is 31.5 Å². The minimum atomic E-state index is -0.154. The number of halogens is 1. The van der Waals surface area contributed by atoms with E-state index in [4.69, 9.17) is 11.6 Å². The number of carbonyl (C=O) groups is 1. The fourth-order valence-electron chi connectivity index (χ4n) is 1.89. The number of pyridine rings is 1. The van der Waals surface area contributed by atoms with Gasteiger partial charge in [0.15, 0.2) is 0 Å². The van der Waals surface area contributed by atoms with Crippen molar-refractivity contribution < 1.29 is 4.79 Å². The second-order valence-corrected chi connectivity index (χ2v) is 5.98. The van der Waals surface area contributed by atoms with Gasteiger partial charge in [0, 0.05) is 17.3 Å². The zero-order chi connectivity index (χ0) is 16.1. The number of aromatic nitrogens is 1. The van der Waals surface area contributed by atoms with Crippen molar-refractivity contribution >= 4 is 28.9 Å². The molecule has 0 radical (unpaired) electrons. The molecule has 0 saturated carbocycles.